The minimum atomic E-state index is -0.357. The Morgan fingerprint density at radius 3 is 1.98 bits per heavy atom. The molecule has 3 heterocycles. The third-order valence-electron chi connectivity index (χ3n) is 8.19. The number of ether oxygens (including phenoxy) is 9. The van der Waals surface area contributed by atoms with Gasteiger partial charge in [-0.25, -0.2) is 14.6 Å². The number of esters is 1. The van der Waals surface area contributed by atoms with Gasteiger partial charge in [-0.05, 0) is 31.0 Å². The number of anilines is 2. The number of amides is 1. The van der Waals surface area contributed by atoms with Crippen molar-refractivity contribution < 1.29 is 56.6 Å². The van der Waals surface area contributed by atoms with E-state index >= 15 is 0 Å². The van der Waals surface area contributed by atoms with Gasteiger partial charge < -0.3 is 63.8 Å². The third-order valence-corrected chi connectivity index (χ3v) is 8.19. The van der Waals surface area contributed by atoms with Crippen molar-refractivity contribution in [3.8, 4) is 23.6 Å². The number of fused-ring (bicyclic) bond motifs is 2. The Morgan fingerprint density at radius 1 is 0.746 bits per heavy atom. The number of terminal acetylenes is 1. The molecule has 0 bridgehead atoms. The highest BCUT2D eigenvalue weighted by Crippen LogP contribution is 2.32. The van der Waals surface area contributed by atoms with Crippen LogP contribution in [0.2, 0.25) is 0 Å². The number of oxazole rings is 1. The van der Waals surface area contributed by atoms with Gasteiger partial charge in [-0.3, -0.25) is 9.59 Å². The number of hydrogen-bond acceptors (Lipinski definition) is 18. The van der Waals surface area contributed by atoms with Crippen molar-refractivity contribution in [1.29, 1.82) is 0 Å². The van der Waals surface area contributed by atoms with Crippen LogP contribution in [0.1, 0.15) is 25.7 Å². The van der Waals surface area contributed by atoms with Crippen LogP contribution in [0.4, 0.5) is 11.8 Å². The first-order valence-corrected chi connectivity index (χ1v) is 19.6. The van der Waals surface area contributed by atoms with Crippen LogP contribution in [0.3, 0.4) is 0 Å². The Balaban J connectivity index is 0.890. The maximum absolute atomic E-state index is 12.3. The number of carbonyl (C=O) groups excluding carboxylic acids is 2. The minimum absolute atomic E-state index is 0.0857. The van der Waals surface area contributed by atoms with Gasteiger partial charge in [-0.15, -0.1) is 6.42 Å². The van der Waals surface area contributed by atoms with Crippen LogP contribution in [0.15, 0.2) is 28.9 Å². The predicted molar refractivity (Wildman–Crippen MR) is 215 cm³/mol. The lowest BCUT2D eigenvalue weighted by Gasteiger charge is -2.09. The molecule has 0 saturated heterocycles. The lowest BCUT2D eigenvalue weighted by Crippen LogP contribution is -2.26. The molecule has 0 aliphatic rings. The lowest BCUT2D eigenvalue weighted by atomic mass is 10.1. The van der Waals surface area contributed by atoms with E-state index in [0.717, 1.165) is 18.4 Å². The van der Waals surface area contributed by atoms with Gasteiger partial charge in [-0.2, -0.15) is 10.1 Å². The van der Waals surface area contributed by atoms with Crippen LogP contribution < -0.4 is 16.8 Å². The second kappa shape index (κ2) is 28.4. The van der Waals surface area contributed by atoms with Gasteiger partial charge >= 0.3 is 5.97 Å². The van der Waals surface area contributed by atoms with Crippen LogP contribution in [0.5, 0.6) is 0 Å². The SMILES string of the molecule is C#CCOCCOCCOCCOCCC(=O)OCCOCCOCCOCCOCCC(=O)NCCCCn1nc(-c2ccc3oc(N)nc3c2)c2c(N)ncnc21. The van der Waals surface area contributed by atoms with E-state index < -0.39 is 0 Å². The van der Waals surface area contributed by atoms with Crippen LogP contribution >= 0.6 is 0 Å². The largest absolute Gasteiger partial charge is 0.463 e. The summed E-state index contributed by atoms with van der Waals surface area (Å²) in [4.78, 5) is 36.8. The van der Waals surface area contributed by atoms with Crippen molar-refractivity contribution in [2.75, 3.05) is 130 Å². The first-order chi connectivity index (χ1) is 29.0. The summed E-state index contributed by atoms with van der Waals surface area (Å²) >= 11 is 0. The Bertz CT molecular complexity index is 1850. The zero-order valence-electron chi connectivity index (χ0n) is 33.4. The number of carbonyl (C=O) groups is 2. The Kier molecular flexibility index (Phi) is 22.5. The standard InChI is InChI=1S/C39H56N8O12/c1-2-11-50-14-17-53-20-21-55-19-16-52-13-8-34(49)58-27-26-57-25-24-56-23-22-54-18-15-51-12-7-33(48)42-9-3-4-10-47-38-35(37(40)43-29-44-38)36(46-47)30-5-6-32-31(28-30)45-39(41)59-32/h1,5-6,28-29H,3-4,7-27H2,(H2,41,45)(H,42,48)(H2,40,43,44). The van der Waals surface area contributed by atoms with E-state index in [9.17, 15) is 9.59 Å². The fourth-order valence-corrected chi connectivity index (χ4v) is 5.34. The molecule has 4 rings (SSSR count). The molecule has 0 spiro atoms. The monoisotopic (exact) mass is 828 g/mol. The lowest BCUT2D eigenvalue weighted by molar-refractivity contribution is -0.146. The smallest absolute Gasteiger partial charge is 0.308 e. The Hall–Kier alpha value is -4.98. The van der Waals surface area contributed by atoms with Crippen molar-refractivity contribution in [2.45, 2.75) is 32.2 Å². The minimum Gasteiger partial charge on any atom is -0.463 e. The Labute approximate surface area is 342 Å². The molecule has 3 aromatic heterocycles. The van der Waals surface area contributed by atoms with E-state index in [4.69, 9.17) is 70.0 Å². The fraction of sp³-hybridized carbons (Fsp3) is 0.590. The van der Waals surface area contributed by atoms with Gasteiger partial charge in [0.15, 0.2) is 11.2 Å². The molecule has 0 aliphatic heterocycles. The molecule has 0 saturated carbocycles. The average molecular weight is 829 g/mol. The van der Waals surface area contributed by atoms with Gasteiger partial charge in [-0.1, -0.05) is 5.92 Å². The molecule has 0 radical (unpaired) electrons. The van der Waals surface area contributed by atoms with Gasteiger partial charge in [0, 0.05) is 25.1 Å². The molecule has 1 aromatic carbocycles. The van der Waals surface area contributed by atoms with Gasteiger partial charge in [0.2, 0.25) is 5.91 Å². The highest BCUT2D eigenvalue weighted by molar-refractivity contribution is 5.99. The summed E-state index contributed by atoms with van der Waals surface area (Å²) in [5.41, 5.74) is 15.2. The second-order valence-electron chi connectivity index (χ2n) is 12.6. The number of unbranched alkanes of at least 4 members (excludes halogenated alkanes) is 1. The number of aromatic nitrogens is 5. The molecule has 1 amide bonds. The van der Waals surface area contributed by atoms with E-state index in [0.29, 0.717) is 133 Å². The van der Waals surface area contributed by atoms with Crippen molar-refractivity contribution in [2.24, 2.45) is 0 Å². The Morgan fingerprint density at radius 2 is 1.34 bits per heavy atom. The van der Waals surface area contributed by atoms with Crippen molar-refractivity contribution >= 4 is 45.8 Å². The number of nitrogens with zero attached hydrogens (tertiary/aromatic N) is 5. The van der Waals surface area contributed by atoms with Crippen LogP contribution in [-0.2, 0) is 58.8 Å². The summed E-state index contributed by atoms with van der Waals surface area (Å²) in [5.74, 6) is 2.27. The van der Waals surface area contributed by atoms with Crippen LogP contribution in [0.25, 0.3) is 33.4 Å². The second-order valence-corrected chi connectivity index (χ2v) is 12.6. The quantitative estimate of drug-likeness (QED) is 0.0345. The summed E-state index contributed by atoms with van der Waals surface area (Å²) in [7, 11) is 0. The number of rotatable bonds is 34. The summed E-state index contributed by atoms with van der Waals surface area (Å²) in [6.07, 6.45) is 8.39. The zero-order valence-corrected chi connectivity index (χ0v) is 33.4. The summed E-state index contributed by atoms with van der Waals surface area (Å²) < 4.78 is 55.3. The predicted octanol–water partition coefficient (Wildman–Crippen LogP) is 1.78. The van der Waals surface area contributed by atoms with Crippen molar-refractivity contribution in [1.82, 2.24) is 30.0 Å². The van der Waals surface area contributed by atoms with Gasteiger partial charge in [0.1, 0.15) is 36.6 Å². The highest BCUT2D eigenvalue weighted by Gasteiger charge is 2.18. The summed E-state index contributed by atoms with van der Waals surface area (Å²) in [6.45, 7) is 7.22. The molecule has 324 valence electrons. The highest BCUT2D eigenvalue weighted by atomic mass is 16.6. The van der Waals surface area contributed by atoms with Crippen LogP contribution in [0, 0.1) is 12.3 Å². The molecule has 0 unspecified atom stereocenters. The molecular formula is C39H56N8O12. The number of aryl methyl sites for hydroxylation is 1. The van der Waals surface area contributed by atoms with E-state index in [-0.39, 0.29) is 57.2 Å². The topological polar surface area (TPSA) is 251 Å². The molecule has 0 fully saturated rings. The number of nitrogens with one attached hydrogen (secondary N) is 1. The van der Waals surface area contributed by atoms with E-state index in [1.54, 1.807) is 10.7 Å². The first kappa shape index (κ1) is 46.7. The van der Waals surface area contributed by atoms with E-state index in [1.807, 2.05) is 12.1 Å². The molecule has 0 aliphatic carbocycles. The molecule has 0 atom stereocenters. The zero-order chi connectivity index (χ0) is 41.8. The average Bonchev–Trinajstić information content (AvgIpc) is 3.80. The first-order valence-electron chi connectivity index (χ1n) is 19.6. The molecule has 4 aromatic rings. The molecule has 20 nitrogen and oxygen atoms in total. The van der Waals surface area contributed by atoms with Gasteiger partial charge in [0.25, 0.3) is 6.01 Å². The maximum atomic E-state index is 12.3. The molecule has 20 heteroatoms. The van der Waals surface area contributed by atoms with E-state index in [1.165, 1.54) is 6.33 Å². The summed E-state index contributed by atoms with van der Waals surface area (Å²) in [5, 5.41) is 8.37. The third kappa shape index (κ3) is 18.2. The van der Waals surface area contributed by atoms with Crippen molar-refractivity contribution in [3.63, 3.8) is 0 Å². The maximum Gasteiger partial charge on any atom is 0.308 e. The number of nitrogens with two attached hydrogens (primary N) is 2. The number of hydrogen-bond donors (Lipinski definition) is 3. The van der Waals surface area contributed by atoms with Crippen molar-refractivity contribution in [3.05, 3.63) is 24.5 Å². The van der Waals surface area contributed by atoms with Gasteiger partial charge in [0.05, 0.1) is 111 Å². The van der Waals surface area contributed by atoms with Crippen LogP contribution in [-0.4, -0.2) is 155 Å². The summed E-state index contributed by atoms with van der Waals surface area (Å²) in [6, 6.07) is 5.58. The molecule has 59 heavy (non-hydrogen) atoms. The number of benzene rings is 1. The van der Waals surface area contributed by atoms with E-state index in [2.05, 4.69) is 26.2 Å². The fourth-order valence-electron chi connectivity index (χ4n) is 5.34. The molecular weight excluding hydrogens is 772 g/mol. The normalized spacial score (nSPS) is 11.4. The number of nitrogen functional groups attached to an aromatic ring is 2. The molecule has 5 N–H and O–H groups in total.